The largest absolute Gasteiger partial charge is 0.504 e. The van der Waals surface area contributed by atoms with Crippen molar-refractivity contribution in [3.63, 3.8) is 0 Å². The number of Topliss-reactive ketones (excluding diaryl/α,β-unsaturated/α-hetero) is 1. The van der Waals surface area contributed by atoms with Crippen LogP contribution < -0.4 is 5.32 Å². The van der Waals surface area contributed by atoms with Gasteiger partial charge in [-0.25, -0.2) is 0 Å². The van der Waals surface area contributed by atoms with Gasteiger partial charge in [0.25, 0.3) is 0 Å². The lowest BCUT2D eigenvalue weighted by Gasteiger charge is -2.58. The van der Waals surface area contributed by atoms with Crippen molar-refractivity contribution >= 4 is 11.6 Å². The minimum absolute atomic E-state index is 0.130. The Morgan fingerprint density at radius 1 is 1.27 bits per heavy atom. The number of allylic oxidation sites excluding steroid dienone is 4. The molecule has 0 radical (unpaired) electrons. The molecule has 30 heavy (non-hydrogen) atoms. The minimum Gasteiger partial charge on any atom is -0.504 e. The Hall–Kier alpha value is -1.84. The summed E-state index contributed by atoms with van der Waals surface area (Å²) in [6.07, 6.45) is 9.52. The molecule has 0 aliphatic heterocycles. The maximum Gasteiger partial charge on any atom is 0.222 e. The highest BCUT2D eigenvalue weighted by Crippen LogP contribution is 2.62. The van der Waals surface area contributed by atoms with Crippen LogP contribution in [0.5, 0.6) is 0 Å². The van der Waals surface area contributed by atoms with Gasteiger partial charge < -0.3 is 10.4 Å². The molecular formula is C26H39NO3. The molecule has 0 amide bonds. The van der Waals surface area contributed by atoms with Crippen molar-refractivity contribution in [3.05, 3.63) is 34.8 Å². The zero-order valence-corrected chi connectivity index (χ0v) is 19.6. The Morgan fingerprint density at radius 3 is 2.63 bits per heavy atom. The molecule has 0 saturated heterocycles. The smallest absolute Gasteiger partial charge is 0.222 e. The zero-order valence-electron chi connectivity index (χ0n) is 19.6. The summed E-state index contributed by atoms with van der Waals surface area (Å²) in [6.45, 7) is 14.0. The van der Waals surface area contributed by atoms with Crippen LogP contribution in [-0.4, -0.2) is 23.2 Å². The molecular weight excluding hydrogens is 374 g/mol. The number of aliphatic hydroxyl groups is 1. The molecule has 3 aliphatic rings. The van der Waals surface area contributed by atoms with Gasteiger partial charge in [-0.15, -0.1) is 0 Å². The fourth-order valence-corrected chi connectivity index (χ4v) is 6.00. The maximum atomic E-state index is 13.3. The SMILES string of the molecule is CC[C@H](C)CNC1=CC(=O)C(O)=C(C[C@]2(C)[C@@H](C)CC[C@]3(C)C(C)=CCC[C@@H]23)C1=O. The Balaban J connectivity index is 1.91. The summed E-state index contributed by atoms with van der Waals surface area (Å²) in [5.74, 6) is 0.254. The number of carbonyl (C=O) groups is 2. The van der Waals surface area contributed by atoms with E-state index in [1.807, 2.05) is 0 Å². The van der Waals surface area contributed by atoms with Gasteiger partial charge in [-0.1, -0.05) is 52.7 Å². The van der Waals surface area contributed by atoms with Gasteiger partial charge in [0.05, 0.1) is 5.70 Å². The van der Waals surface area contributed by atoms with Crippen LogP contribution in [0.3, 0.4) is 0 Å². The predicted molar refractivity (Wildman–Crippen MR) is 121 cm³/mol. The predicted octanol–water partition coefficient (Wildman–Crippen LogP) is 5.66. The van der Waals surface area contributed by atoms with Crippen LogP contribution in [0.15, 0.2) is 34.8 Å². The van der Waals surface area contributed by atoms with Crippen molar-refractivity contribution in [2.45, 2.75) is 80.1 Å². The lowest BCUT2D eigenvalue weighted by atomic mass is 9.46. The van der Waals surface area contributed by atoms with Gasteiger partial charge in [-0.3, -0.25) is 9.59 Å². The Labute approximate surface area is 181 Å². The van der Waals surface area contributed by atoms with E-state index in [9.17, 15) is 14.7 Å². The van der Waals surface area contributed by atoms with Gasteiger partial charge in [0.15, 0.2) is 5.76 Å². The summed E-state index contributed by atoms with van der Waals surface area (Å²) >= 11 is 0. The molecule has 4 nitrogen and oxygen atoms in total. The molecule has 0 spiro atoms. The van der Waals surface area contributed by atoms with Gasteiger partial charge in [-0.05, 0) is 67.6 Å². The quantitative estimate of drug-likeness (QED) is 0.436. The van der Waals surface area contributed by atoms with Crippen molar-refractivity contribution in [3.8, 4) is 0 Å². The van der Waals surface area contributed by atoms with Crippen molar-refractivity contribution in [1.29, 1.82) is 0 Å². The summed E-state index contributed by atoms with van der Waals surface area (Å²) in [5.41, 5.74) is 2.09. The van der Waals surface area contributed by atoms with Crippen LogP contribution in [-0.2, 0) is 9.59 Å². The normalized spacial score (nSPS) is 35.5. The average molecular weight is 414 g/mol. The molecule has 1 saturated carbocycles. The second-order valence-corrected chi connectivity index (χ2v) is 10.5. The first kappa shape index (κ1) is 22.8. The third-order valence-electron chi connectivity index (χ3n) is 8.80. The first-order valence-corrected chi connectivity index (χ1v) is 11.7. The number of carbonyl (C=O) groups excluding carboxylic acids is 2. The Bertz CT molecular complexity index is 820. The second-order valence-electron chi connectivity index (χ2n) is 10.5. The molecule has 0 heterocycles. The van der Waals surface area contributed by atoms with E-state index in [1.165, 1.54) is 11.6 Å². The molecule has 0 aromatic heterocycles. The van der Waals surface area contributed by atoms with Crippen molar-refractivity contribution < 1.29 is 14.7 Å². The van der Waals surface area contributed by atoms with Crippen LogP contribution in [0.1, 0.15) is 80.1 Å². The fourth-order valence-electron chi connectivity index (χ4n) is 6.00. The molecule has 2 N–H and O–H groups in total. The molecule has 4 heteroatoms. The molecule has 5 atom stereocenters. The van der Waals surface area contributed by atoms with E-state index in [1.54, 1.807) is 0 Å². The van der Waals surface area contributed by atoms with E-state index in [0.29, 0.717) is 42.0 Å². The molecule has 3 rings (SSSR count). The van der Waals surface area contributed by atoms with Crippen molar-refractivity contribution in [1.82, 2.24) is 5.32 Å². The highest BCUT2D eigenvalue weighted by Gasteiger charge is 2.54. The number of hydrogen-bond donors (Lipinski definition) is 2. The first-order valence-electron chi connectivity index (χ1n) is 11.7. The number of fused-ring (bicyclic) bond motifs is 1. The summed E-state index contributed by atoms with van der Waals surface area (Å²) in [5, 5.41) is 13.8. The van der Waals surface area contributed by atoms with Crippen molar-refractivity contribution in [2.75, 3.05) is 6.54 Å². The van der Waals surface area contributed by atoms with E-state index >= 15 is 0 Å². The van der Waals surface area contributed by atoms with E-state index in [2.05, 4.69) is 52.9 Å². The molecule has 3 aliphatic carbocycles. The topological polar surface area (TPSA) is 66.4 Å². The van der Waals surface area contributed by atoms with Gasteiger partial charge in [0.2, 0.25) is 11.6 Å². The average Bonchev–Trinajstić information content (AvgIpc) is 2.71. The lowest BCUT2D eigenvalue weighted by molar-refractivity contribution is -0.118. The number of aliphatic hydroxyl groups excluding tert-OH is 1. The number of hydrogen-bond acceptors (Lipinski definition) is 4. The van der Waals surface area contributed by atoms with E-state index in [-0.39, 0.29) is 22.4 Å². The highest BCUT2D eigenvalue weighted by atomic mass is 16.3. The summed E-state index contributed by atoms with van der Waals surface area (Å²) in [4.78, 5) is 25.8. The van der Waals surface area contributed by atoms with Crippen LogP contribution >= 0.6 is 0 Å². The molecule has 166 valence electrons. The fraction of sp³-hybridized carbons (Fsp3) is 0.692. The number of ketones is 2. The standard InChI is InChI=1S/C26H39NO3/c1-7-16(2)15-27-20-13-21(28)24(30)19(23(20)29)14-26(6)18(4)11-12-25(5)17(3)9-8-10-22(25)26/h9,13,16,18,22,27,30H,7-8,10-12,14-15H2,1-6H3/t16-,18-,22+,25+,26+/m0/s1. The Kier molecular flexibility index (Phi) is 6.36. The van der Waals surface area contributed by atoms with Gasteiger partial charge in [0.1, 0.15) is 0 Å². The minimum atomic E-state index is -0.453. The van der Waals surface area contributed by atoms with E-state index < -0.39 is 5.78 Å². The van der Waals surface area contributed by atoms with Crippen LogP contribution in [0.4, 0.5) is 0 Å². The van der Waals surface area contributed by atoms with Crippen LogP contribution in [0.25, 0.3) is 0 Å². The zero-order chi connectivity index (χ0) is 22.3. The molecule has 0 aromatic rings. The van der Waals surface area contributed by atoms with E-state index in [0.717, 1.165) is 32.1 Å². The third-order valence-corrected chi connectivity index (χ3v) is 8.80. The maximum absolute atomic E-state index is 13.3. The van der Waals surface area contributed by atoms with Crippen molar-refractivity contribution in [2.24, 2.45) is 28.6 Å². The van der Waals surface area contributed by atoms with Gasteiger partial charge in [0, 0.05) is 18.2 Å². The summed E-state index contributed by atoms with van der Waals surface area (Å²) < 4.78 is 0. The number of nitrogens with one attached hydrogen (secondary N) is 1. The molecule has 0 aromatic carbocycles. The number of rotatable bonds is 6. The first-order chi connectivity index (χ1) is 14.0. The highest BCUT2D eigenvalue weighted by molar-refractivity contribution is 6.21. The molecule has 1 fully saturated rings. The molecule has 0 bridgehead atoms. The van der Waals surface area contributed by atoms with Gasteiger partial charge >= 0.3 is 0 Å². The second kappa shape index (κ2) is 8.36. The summed E-state index contributed by atoms with van der Waals surface area (Å²) in [7, 11) is 0. The Morgan fingerprint density at radius 2 is 1.97 bits per heavy atom. The lowest BCUT2D eigenvalue weighted by Crippen LogP contribution is -2.50. The third kappa shape index (κ3) is 3.78. The van der Waals surface area contributed by atoms with E-state index in [4.69, 9.17) is 0 Å². The summed E-state index contributed by atoms with van der Waals surface area (Å²) in [6, 6.07) is 0. The van der Waals surface area contributed by atoms with Crippen LogP contribution in [0.2, 0.25) is 0 Å². The molecule has 0 unspecified atom stereocenters. The monoisotopic (exact) mass is 413 g/mol. The van der Waals surface area contributed by atoms with Crippen LogP contribution in [0, 0.1) is 28.6 Å². The van der Waals surface area contributed by atoms with Gasteiger partial charge in [-0.2, -0.15) is 0 Å².